The number of thioether (sulfide) groups is 1. The summed E-state index contributed by atoms with van der Waals surface area (Å²) < 4.78 is 0. The Labute approximate surface area is 133 Å². The summed E-state index contributed by atoms with van der Waals surface area (Å²) in [5.74, 6) is 0.630. The average Bonchev–Trinajstić information content (AvgIpc) is 2.94. The largest absolute Gasteiger partial charge is 0.269 e. The molecule has 0 aliphatic heterocycles. The Morgan fingerprint density at radius 1 is 1.24 bits per heavy atom. The van der Waals surface area contributed by atoms with Crippen LogP contribution in [0.3, 0.4) is 0 Å². The molecule has 0 unspecified atom stereocenters. The molecule has 21 heavy (non-hydrogen) atoms. The number of nitrogens with zero attached hydrogens (tertiary/aromatic N) is 3. The molecule has 5 nitrogen and oxygen atoms in total. The third-order valence-corrected chi connectivity index (χ3v) is 4.79. The van der Waals surface area contributed by atoms with Crippen molar-refractivity contribution < 1.29 is 4.92 Å². The molecule has 0 saturated heterocycles. The number of rotatable bonds is 4. The van der Waals surface area contributed by atoms with Crippen molar-refractivity contribution in [2.45, 2.75) is 10.9 Å². The lowest BCUT2D eigenvalue weighted by molar-refractivity contribution is -0.384. The predicted molar refractivity (Wildman–Crippen MR) is 85.1 cm³/mol. The van der Waals surface area contributed by atoms with Crippen LogP contribution >= 0.6 is 34.7 Å². The van der Waals surface area contributed by atoms with Crippen LogP contribution in [0.25, 0.3) is 10.2 Å². The molecule has 0 N–H and O–H groups in total. The van der Waals surface area contributed by atoms with Crippen molar-refractivity contribution in [2.24, 2.45) is 0 Å². The zero-order valence-electron chi connectivity index (χ0n) is 10.5. The SMILES string of the molecule is O=[N+]([O-])c1ccc(CSc2nc(Cl)c3ccsc3n2)cc1. The van der Waals surface area contributed by atoms with E-state index >= 15 is 0 Å². The number of halogens is 1. The first kappa shape index (κ1) is 14.2. The monoisotopic (exact) mass is 337 g/mol. The van der Waals surface area contributed by atoms with Crippen molar-refractivity contribution >= 4 is 50.6 Å². The Morgan fingerprint density at radius 3 is 2.71 bits per heavy atom. The van der Waals surface area contributed by atoms with Gasteiger partial charge in [-0.25, -0.2) is 9.97 Å². The molecule has 0 aliphatic rings. The molecule has 0 atom stereocenters. The van der Waals surface area contributed by atoms with Crippen LogP contribution < -0.4 is 0 Å². The topological polar surface area (TPSA) is 68.9 Å². The second-order valence-electron chi connectivity index (χ2n) is 4.15. The van der Waals surface area contributed by atoms with E-state index in [4.69, 9.17) is 11.6 Å². The van der Waals surface area contributed by atoms with Gasteiger partial charge in [-0.05, 0) is 17.0 Å². The number of thiophene rings is 1. The first-order valence-corrected chi connectivity index (χ1v) is 8.14. The maximum atomic E-state index is 10.6. The van der Waals surface area contributed by atoms with Gasteiger partial charge < -0.3 is 0 Å². The molecule has 8 heteroatoms. The highest BCUT2D eigenvalue weighted by molar-refractivity contribution is 7.98. The van der Waals surface area contributed by atoms with Crippen LogP contribution in [0.1, 0.15) is 5.56 Å². The summed E-state index contributed by atoms with van der Waals surface area (Å²) in [6.07, 6.45) is 0. The molecule has 2 heterocycles. The number of benzene rings is 1. The third kappa shape index (κ3) is 3.15. The van der Waals surface area contributed by atoms with Crippen LogP contribution in [0.5, 0.6) is 0 Å². The number of hydrogen-bond acceptors (Lipinski definition) is 6. The Balaban J connectivity index is 1.75. The van der Waals surface area contributed by atoms with Gasteiger partial charge in [0, 0.05) is 23.3 Å². The van der Waals surface area contributed by atoms with Crippen LogP contribution in [0.4, 0.5) is 5.69 Å². The van der Waals surface area contributed by atoms with E-state index in [1.165, 1.54) is 35.2 Å². The molecular weight excluding hydrogens is 330 g/mol. The smallest absolute Gasteiger partial charge is 0.258 e. The van der Waals surface area contributed by atoms with Gasteiger partial charge in [-0.15, -0.1) is 11.3 Å². The second kappa shape index (κ2) is 5.97. The maximum Gasteiger partial charge on any atom is 0.269 e. The number of hydrogen-bond donors (Lipinski definition) is 0. The Morgan fingerprint density at radius 2 is 2.00 bits per heavy atom. The molecular formula is C13H8ClN3O2S2. The summed E-state index contributed by atoms with van der Waals surface area (Å²) in [5.41, 5.74) is 1.06. The van der Waals surface area contributed by atoms with Crippen LogP contribution in [-0.2, 0) is 5.75 Å². The van der Waals surface area contributed by atoms with Gasteiger partial charge in [-0.1, -0.05) is 35.5 Å². The Hall–Kier alpha value is -1.70. The number of non-ortho nitro benzene ring substituents is 1. The van der Waals surface area contributed by atoms with Crippen LogP contribution in [0.2, 0.25) is 5.15 Å². The van der Waals surface area contributed by atoms with E-state index in [9.17, 15) is 10.1 Å². The minimum Gasteiger partial charge on any atom is -0.258 e. The summed E-state index contributed by atoms with van der Waals surface area (Å²) >= 11 is 9.08. The van der Waals surface area contributed by atoms with Gasteiger partial charge in [0.2, 0.25) is 0 Å². The van der Waals surface area contributed by atoms with E-state index in [0.717, 1.165) is 15.8 Å². The zero-order valence-corrected chi connectivity index (χ0v) is 12.9. The second-order valence-corrected chi connectivity index (χ2v) is 6.34. The van der Waals surface area contributed by atoms with Crippen molar-refractivity contribution in [2.75, 3.05) is 0 Å². The molecule has 0 radical (unpaired) electrons. The van der Waals surface area contributed by atoms with Gasteiger partial charge >= 0.3 is 0 Å². The Kier molecular flexibility index (Phi) is 4.05. The number of aromatic nitrogens is 2. The number of nitro benzene ring substituents is 1. The predicted octanol–water partition coefficient (Wildman–Crippen LogP) is 4.55. The lowest BCUT2D eigenvalue weighted by Gasteiger charge is -2.02. The molecule has 106 valence electrons. The van der Waals surface area contributed by atoms with Crippen molar-refractivity contribution in [1.29, 1.82) is 0 Å². The van der Waals surface area contributed by atoms with Crippen LogP contribution in [-0.4, -0.2) is 14.9 Å². The molecule has 0 spiro atoms. The average molecular weight is 338 g/mol. The normalized spacial score (nSPS) is 10.9. The van der Waals surface area contributed by atoms with Gasteiger partial charge in [0.15, 0.2) is 5.16 Å². The van der Waals surface area contributed by atoms with Crippen LogP contribution in [0, 0.1) is 10.1 Å². The standard InChI is InChI=1S/C13H8ClN3O2S2/c14-11-10-5-6-20-12(10)16-13(15-11)21-7-8-1-3-9(4-2-8)17(18)19/h1-6H,7H2. The Bertz CT molecular complexity index is 805. The molecule has 0 bridgehead atoms. The zero-order chi connectivity index (χ0) is 14.8. The molecule has 0 saturated carbocycles. The van der Waals surface area contributed by atoms with Gasteiger partial charge in [-0.2, -0.15) is 0 Å². The fourth-order valence-corrected chi connectivity index (χ4v) is 3.69. The van der Waals surface area contributed by atoms with E-state index < -0.39 is 4.92 Å². The highest BCUT2D eigenvalue weighted by Crippen LogP contribution is 2.29. The minimum atomic E-state index is -0.412. The molecule has 3 aromatic rings. The summed E-state index contributed by atoms with van der Waals surface area (Å²) in [6, 6.07) is 8.35. The molecule has 0 aliphatic carbocycles. The number of nitro groups is 1. The first-order chi connectivity index (χ1) is 10.1. The lowest BCUT2D eigenvalue weighted by atomic mass is 10.2. The molecule has 0 fully saturated rings. The van der Waals surface area contributed by atoms with Gasteiger partial charge in [0.25, 0.3) is 5.69 Å². The summed E-state index contributed by atoms with van der Waals surface area (Å²) in [5, 5.41) is 14.4. The molecule has 1 aromatic carbocycles. The molecule has 0 amide bonds. The lowest BCUT2D eigenvalue weighted by Crippen LogP contribution is -1.90. The summed E-state index contributed by atoms with van der Waals surface area (Å²) in [6.45, 7) is 0. The van der Waals surface area contributed by atoms with E-state index in [0.29, 0.717) is 16.1 Å². The van der Waals surface area contributed by atoms with E-state index in [1.54, 1.807) is 12.1 Å². The summed E-state index contributed by atoms with van der Waals surface area (Å²) in [7, 11) is 0. The fraction of sp³-hybridized carbons (Fsp3) is 0.0769. The van der Waals surface area contributed by atoms with Crippen LogP contribution in [0.15, 0.2) is 40.9 Å². The quantitative estimate of drug-likeness (QED) is 0.230. The van der Waals surface area contributed by atoms with E-state index in [1.807, 2.05) is 11.4 Å². The van der Waals surface area contributed by atoms with Gasteiger partial charge in [-0.3, -0.25) is 10.1 Å². The maximum absolute atomic E-state index is 10.6. The van der Waals surface area contributed by atoms with Crippen molar-refractivity contribution in [3.8, 4) is 0 Å². The third-order valence-electron chi connectivity index (χ3n) is 2.77. The van der Waals surface area contributed by atoms with Crippen molar-refractivity contribution in [1.82, 2.24) is 9.97 Å². The van der Waals surface area contributed by atoms with E-state index in [2.05, 4.69) is 9.97 Å². The highest BCUT2D eigenvalue weighted by Gasteiger charge is 2.09. The molecule has 3 rings (SSSR count). The van der Waals surface area contributed by atoms with Crippen molar-refractivity contribution in [3.05, 3.63) is 56.5 Å². The van der Waals surface area contributed by atoms with E-state index in [-0.39, 0.29) is 5.69 Å². The van der Waals surface area contributed by atoms with Crippen molar-refractivity contribution in [3.63, 3.8) is 0 Å². The first-order valence-electron chi connectivity index (χ1n) is 5.90. The number of fused-ring (bicyclic) bond motifs is 1. The fourth-order valence-electron chi connectivity index (χ4n) is 1.73. The highest BCUT2D eigenvalue weighted by atomic mass is 35.5. The summed E-state index contributed by atoms with van der Waals surface area (Å²) in [4.78, 5) is 19.7. The van der Waals surface area contributed by atoms with Gasteiger partial charge in [0.05, 0.1) is 4.92 Å². The molecule has 2 aromatic heterocycles. The van der Waals surface area contributed by atoms with Gasteiger partial charge in [0.1, 0.15) is 9.98 Å². The minimum absolute atomic E-state index is 0.0862.